The third kappa shape index (κ3) is 4.12. The number of nitrogens with zero attached hydrogens (tertiary/aromatic N) is 1. The summed E-state index contributed by atoms with van der Waals surface area (Å²) in [5, 5.41) is 11.1. The maximum absolute atomic E-state index is 12.9. The standard InChI is InChI=1S/C24H23NO6/c1-2-3-11-29-17-8-4-7-16(14-17)22(26)20-21(19-10-6-13-31-19)25(24(28)23(20)27)15-18-9-5-12-30-18/h4-10,12-14,21,26H,2-3,11,15H2,1H3. The summed E-state index contributed by atoms with van der Waals surface area (Å²) in [6, 6.07) is 12.7. The maximum Gasteiger partial charge on any atom is 0.296 e. The molecule has 1 aliphatic heterocycles. The quantitative estimate of drug-likeness (QED) is 0.246. The van der Waals surface area contributed by atoms with E-state index >= 15 is 0 Å². The fourth-order valence-corrected chi connectivity index (χ4v) is 3.58. The predicted molar refractivity (Wildman–Crippen MR) is 112 cm³/mol. The third-order valence-electron chi connectivity index (χ3n) is 5.13. The lowest BCUT2D eigenvalue weighted by molar-refractivity contribution is -0.140. The van der Waals surface area contributed by atoms with E-state index in [1.54, 1.807) is 48.5 Å². The average Bonchev–Trinajstić information content (AvgIpc) is 3.53. The van der Waals surface area contributed by atoms with Gasteiger partial charge in [-0.2, -0.15) is 0 Å². The van der Waals surface area contributed by atoms with E-state index in [1.165, 1.54) is 17.4 Å². The van der Waals surface area contributed by atoms with Crippen molar-refractivity contribution in [2.75, 3.05) is 6.61 Å². The molecule has 0 bridgehead atoms. The topological polar surface area (TPSA) is 93.1 Å². The molecule has 1 aromatic carbocycles. The molecule has 7 heteroatoms. The van der Waals surface area contributed by atoms with Crippen LogP contribution in [0.5, 0.6) is 5.75 Å². The number of rotatable bonds is 8. The van der Waals surface area contributed by atoms with Crippen molar-refractivity contribution in [3.05, 3.63) is 83.7 Å². The van der Waals surface area contributed by atoms with Crippen LogP contribution < -0.4 is 4.74 Å². The van der Waals surface area contributed by atoms with Gasteiger partial charge in [-0.05, 0) is 42.8 Å². The van der Waals surface area contributed by atoms with Crippen LogP contribution in [-0.2, 0) is 16.1 Å². The van der Waals surface area contributed by atoms with Gasteiger partial charge >= 0.3 is 0 Å². The molecule has 1 amide bonds. The van der Waals surface area contributed by atoms with E-state index in [2.05, 4.69) is 6.92 Å². The molecule has 160 valence electrons. The summed E-state index contributed by atoms with van der Waals surface area (Å²) in [7, 11) is 0. The van der Waals surface area contributed by atoms with Crippen molar-refractivity contribution in [3.8, 4) is 5.75 Å². The molecule has 1 saturated heterocycles. The number of ketones is 1. The SMILES string of the molecule is CCCCOc1cccc(C(O)=C2C(=O)C(=O)N(Cc3ccco3)C2c2ccco2)c1. The van der Waals surface area contributed by atoms with Crippen LogP contribution in [0.25, 0.3) is 5.76 Å². The van der Waals surface area contributed by atoms with Crippen molar-refractivity contribution in [2.24, 2.45) is 0 Å². The summed E-state index contributed by atoms with van der Waals surface area (Å²) in [6.07, 6.45) is 4.87. The molecule has 0 spiro atoms. The van der Waals surface area contributed by atoms with Gasteiger partial charge in [-0.15, -0.1) is 0 Å². The first-order valence-corrected chi connectivity index (χ1v) is 10.2. The second-order valence-electron chi connectivity index (χ2n) is 7.25. The Balaban J connectivity index is 1.74. The number of furan rings is 2. The first-order chi connectivity index (χ1) is 15.1. The van der Waals surface area contributed by atoms with Crippen LogP contribution in [0.3, 0.4) is 0 Å². The highest BCUT2D eigenvalue weighted by molar-refractivity contribution is 6.46. The number of unbranched alkanes of at least 4 members (excludes halogenated alkanes) is 1. The Morgan fingerprint density at radius 2 is 1.90 bits per heavy atom. The van der Waals surface area contributed by atoms with Gasteiger partial charge in [0.25, 0.3) is 11.7 Å². The second kappa shape index (κ2) is 8.95. The minimum atomic E-state index is -0.871. The first-order valence-electron chi connectivity index (χ1n) is 10.2. The largest absolute Gasteiger partial charge is 0.507 e. The Morgan fingerprint density at radius 3 is 2.61 bits per heavy atom. The molecule has 0 saturated carbocycles. The number of hydrogen-bond acceptors (Lipinski definition) is 6. The van der Waals surface area contributed by atoms with Gasteiger partial charge in [0.15, 0.2) is 0 Å². The van der Waals surface area contributed by atoms with Crippen molar-refractivity contribution in [1.82, 2.24) is 4.90 Å². The zero-order valence-electron chi connectivity index (χ0n) is 17.1. The summed E-state index contributed by atoms with van der Waals surface area (Å²) < 4.78 is 16.6. The number of aliphatic hydroxyl groups excluding tert-OH is 1. The highest BCUT2D eigenvalue weighted by Crippen LogP contribution is 2.40. The molecule has 3 aromatic rings. The molecule has 1 N–H and O–H groups in total. The molecule has 0 aliphatic carbocycles. The summed E-state index contributed by atoms with van der Waals surface area (Å²) in [6.45, 7) is 2.70. The van der Waals surface area contributed by atoms with Crippen molar-refractivity contribution in [3.63, 3.8) is 0 Å². The van der Waals surface area contributed by atoms with Crippen molar-refractivity contribution >= 4 is 17.4 Å². The van der Waals surface area contributed by atoms with Crippen LogP contribution in [-0.4, -0.2) is 28.3 Å². The molecule has 2 aromatic heterocycles. The van der Waals surface area contributed by atoms with E-state index in [1.807, 2.05) is 0 Å². The zero-order valence-corrected chi connectivity index (χ0v) is 17.1. The number of carbonyl (C=O) groups is 2. The molecule has 3 heterocycles. The highest BCUT2D eigenvalue weighted by atomic mass is 16.5. The fraction of sp³-hybridized carbons (Fsp3) is 0.250. The highest BCUT2D eigenvalue weighted by Gasteiger charge is 2.47. The Morgan fingerprint density at radius 1 is 1.10 bits per heavy atom. The van der Waals surface area contributed by atoms with Crippen molar-refractivity contribution < 1.29 is 28.3 Å². The number of carbonyl (C=O) groups excluding carboxylic acids is 2. The van der Waals surface area contributed by atoms with Crippen LogP contribution in [0.1, 0.15) is 42.9 Å². The van der Waals surface area contributed by atoms with E-state index in [-0.39, 0.29) is 17.9 Å². The van der Waals surface area contributed by atoms with Crippen LogP contribution in [0.2, 0.25) is 0 Å². The monoisotopic (exact) mass is 421 g/mol. The van der Waals surface area contributed by atoms with Crippen LogP contribution in [0.15, 0.2) is 75.5 Å². The van der Waals surface area contributed by atoms with E-state index in [0.29, 0.717) is 29.4 Å². The Kier molecular flexibility index (Phi) is 5.93. The Bertz CT molecular complexity index is 1080. The van der Waals surface area contributed by atoms with Crippen LogP contribution in [0, 0.1) is 0 Å². The number of likely N-dealkylation sites (tertiary alicyclic amines) is 1. The molecule has 4 rings (SSSR count). The molecular weight excluding hydrogens is 398 g/mol. The lowest BCUT2D eigenvalue weighted by atomic mass is 9.99. The molecule has 1 fully saturated rings. The van der Waals surface area contributed by atoms with E-state index in [9.17, 15) is 14.7 Å². The lowest BCUT2D eigenvalue weighted by Crippen LogP contribution is -2.28. The van der Waals surface area contributed by atoms with Crippen LogP contribution >= 0.6 is 0 Å². The van der Waals surface area contributed by atoms with Gasteiger partial charge in [0, 0.05) is 5.56 Å². The summed E-state index contributed by atoms with van der Waals surface area (Å²) in [4.78, 5) is 27.1. The number of amides is 1. The van der Waals surface area contributed by atoms with Crippen molar-refractivity contribution in [2.45, 2.75) is 32.4 Å². The van der Waals surface area contributed by atoms with E-state index < -0.39 is 17.7 Å². The Hall–Kier alpha value is -3.74. The van der Waals surface area contributed by atoms with E-state index in [4.69, 9.17) is 13.6 Å². The normalized spacial score (nSPS) is 18.0. The molecule has 1 atom stereocenters. The molecule has 0 radical (unpaired) electrons. The van der Waals surface area contributed by atoms with Crippen LogP contribution in [0.4, 0.5) is 0 Å². The van der Waals surface area contributed by atoms with Gasteiger partial charge in [0.2, 0.25) is 0 Å². The molecular formula is C24H23NO6. The van der Waals surface area contributed by atoms with E-state index in [0.717, 1.165) is 12.8 Å². The number of aliphatic hydroxyl groups is 1. The van der Waals surface area contributed by atoms with Gasteiger partial charge in [-0.3, -0.25) is 9.59 Å². The predicted octanol–water partition coefficient (Wildman–Crippen LogP) is 4.67. The molecule has 31 heavy (non-hydrogen) atoms. The minimum absolute atomic E-state index is 0.0304. The molecule has 7 nitrogen and oxygen atoms in total. The number of Topliss-reactive ketones (excluding diaryl/α,β-unsaturated/α-hetero) is 1. The lowest BCUT2D eigenvalue weighted by Gasteiger charge is -2.22. The van der Waals surface area contributed by atoms with Gasteiger partial charge < -0.3 is 23.6 Å². The van der Waals surface area contributed by atoms with Gasteiger partial charge in [0.1, 0.15) is 29.1 Å². The second-order valence-corrected chi connectivity index (χ2v) is 7.25. The minimum Gasteiger partial charge on any atom is -0.507 e. The maximum atomic E-state index is 12.9. The summed E-state index contributed by atoms with van der Waals surface area (Å²) in [5.74, 6) is -0.301. The number of ether oxygens (including phenoxy) is 1. The molecule has 1 aliphatic rings. The summed E-state index contributed by atoms with van der Waals surface area (Å²) >= 11 is 0. The fourth-order valence-electron chi connectivity index (χ4n) is 3.58. The van der Waals surface area contributed by atoms with Gasteiger partial charge in [-0.1, -0.05) is 25.5 Å². The first kappa shape index (κ1) is 20.5. The number of hydrogen-bond donors (Lipinski definition) is 1. The number of benzene rings is 1. The van der Waals surface area contributed by atoms with Gasteiger partial charge in [0.05, 0.1) is 31.3 Å². The molecule has 1 unspecified atom stereocenters. The summed E-state index contributed by atoms with van der Waals surface area (Å²) in [5.41, 5.74) is 0.360. The van der Waals surface area contributed by atoms with Gasteiger partial charge in [-0.25, -0.2) is 0 Å². The smallest absolute Gasteiger partial charge is 0.296 e. The third-order valence-corrected chi connectivity index (χ3v) is 5.13. The van der Waals surface area contributed by atoms with Crippen molar-refractivity contribution in [1.29, 1.82) is 0 Å². The zero-order chi connectivity index (χ0) is 21.8. The Labute approximate surface area is 179 Å². The average molecular weight is 421 g/mol.